The molecule has 4 amide bonds. The number of hydrogen-bond acceptors (Lipinski definition) is 7. The first-order valence-electron chi connectivity index (χ1n) is 8.99. The normalized spacial score (nSPS) is 18.0. The molecule has 30 heavy (non-hydrogen) atoms. The fourth-order valence-electron chi connectivity index (χ4n) is 3.00. The van der Waals surface area contributed by atoms with E-state index in [1.54, 1.807) is 36.6 Å². The van der Waals surface area contributed by atoms with E-state index in [4.69, 9.17) is 10.00 Å². The Kier molecular flexibility index (Phi) is 5.84. The van der Waals surface area contributed by atoms with Crippen molar-refractivity contribution in [2.24, 2.45) is 0 Å². The van der Waals surface area contributed by atoms with Crippen molar-refractivity contribution in [2.45, 2.75) is 19.4 Å². The van der Waals surface area contributed by atoms with Crippen molar-refractivity contribution in [1.82, 2.24) is 10.2 Å². The summed E-state index contributed by atoms with van der Waals surface area (Å²) in [5.41, 5.74) is -0.242. The first kappa shape index (κ1) is 21.0. The van der Waals surface area contributed by atoms with E-state index in [1.165, 1.54) is 13.0 Å². The summed E-state index contributed by atoms with van der Waals surface area (Å²) in [5.74, 6) is -1.79. The van der Waals surface area contributed by atoms with Crippen molar-refractivity contribution in [2.75, 3.05) is 18.5 Å². The summed E-state index contributed by atoms with van der Waals surface area (Å²) < 4.78 is 4.94. The maximum Gasteiger partial charge on any atom is 0.341 e. The van der Waals surface area contributed by atoms with E-state index in [0.29, 0.717) is 11.1 Å². The molecule has 1 aromatic heterocycles. The maximum atomic E-state index is 12.9. The topological polar surface area (TPSA) is 129 Å². The van der Waals surface area contributed by atoms with Crippen LogP contribution in [0.3, 0.4) is 0 Å². The first-order chi connectivity index (χ1) is 14.3. The van der Waals surface area contributed by atoms with Crippen LogP contribution < -0.4 is 10.6 Å². The molecule has 2 aromatic rings. The number of carbonyl (C=O) groups is 4. The number of nitrogens with zero attached hydrogens (tertiary/aromatic N) is 2. The number of thiophene rings is 1. The minimum atomic E-state index is -1.36. The summed E-state index contributed by atoms with van der Waals surface area (Å²) in [6.07, 6.45) is 0. The van der Waals surface area contributed by atoms with Gasteiger partial charge in [0.15, 0.2) is 0 Å². The minimum Gasteiger partial charge on any atom is -0.462 e. The summed E-state index contributed by atoms with van der Waals surface area (Å²) >= 11 is 1.13. The molecule has 1 atom stereocenters. The molecular weight excluding hydrogens is 408 g/mol. The lowest BCUT2D eigenvalue weighted by Gasteiger charge is -2.22. The van der Waals surface area contributed by atoms with Gasteiger partial charge >= 0.3 is 12.0 Å². The Bertz CT molecular complexity index is 1060. The van der Waals surface area contributed by atoms with Crippen molar-refractivity contribution >= 4 is 40.2 Å². The maximum absolute atomic E-state index is 12.9. The highest BCUT2D eigenvalue weighted by Gasteiger charge is 2.49. The van der Waals surface area contributed by atoms with Gasteiger partial charge in [-0.25, -0.2) is 9.59 Å². The molecule has 3 rings (SSSR count). The van der Waals surface area contributed by atoms with E-state index >= 15 is 0 Å². The number of nitriles is 1. The Morgan fingerprint density at radius 1 is 1.27 bits per heavy atom. The Morgan fingerprint density at radius 3 is 2.60 bits per heavy atom. The molecule has 1 saturated heterocycles. The molecule has 10 heteroatoms. The summed E-state index contributed by atoms with van der Waals surface area (Å²) in [4.78, 5) is 50.5. The van der Waals surface area contributed by atoms with Gasteiger partial charge in [-0.15, -0.1) is 11.3 Å². The van der Waals surface area contributed by atoms with Gasteiger partial charge in [0.25, 0.3) is 5.91 Å². The molecule has 2 heterocycles. The number of carbonyl (C=O) groups excluding carboxylic acids is 4. The average molecular weight is 426 g/mol. The van der Waals surface area contributed by atoms with Crippen molar-refractivity contribution in [3.8, 4) is 6.07 Å². The fourth-order valence-corrected chi connectivity index (χ4v) is 3.79. The predicted molar refractivity (Wildman–Crippen MR) is 108 cm³/mol. The largest absolute Gasteiger partial charge is 0.462 e. The van der Waals surface area contributed by atoms with Crippen molar-refractivity contribution in [3.63, 3.8) is 0 Å². The van der Waals surface area contributed by atoms with Crippen LogP contribution >= 0.6 is 11.3 Å². The van der Waals surface area contributed by atoms with E-state index in [0.717, 1.165) is 16.2 Å². The van der Waals surface area contributed by atoms with Crippen molar-refractivity contribution < 1.29 is 23.9 Å². The number of ether oxygens (including phenoxy) is 1. The van der Waals surface area contributed by atoms with Crippen LogP contribution in [0.15, 0.2) is 35.7 Å². The smallest absolute Gasteiger partial charge is 0.341 e. The molecule has 1 fully saturated rings. The molecule has 0 saturated carbocycles. The first-order valence-corrected chi connectivity index (χ1v) is 9.87. The van der Waals surface area contributed by atoms with Gasteiger partial charge in [-0.05, 0) is 43.0 Å². The molecule has 0 spiro atoms. The lowest BCUT2D eigenvalue weighted by Crippen LogP contribution is -2.42. The monoisotopic (exact) mass is 426 g/mol. The zero-order valence-electron chi connectivity index (χ0n) is 16.2. The number of imide groups is 1. The zero-order valence-corrected chi connectivity index (χ0v) is 17.0. The molecule has 1 aromatic carbocycles. The Hall–Kier alpha value is -3.71. The van der Waals surface area contributed by atoms with Crippen LogP contribution in [0.4, 0.5) is 9.80 Å². The van der Waals surface area contributed by atoms with Crippen LogP contribution in [-0.4, -0.2) is 41.9 Å². The molecule has 9 nitrogen and oxygen atoms in total. The summed E-state index contributed by atoms with van der Waals surface area (Å²) in [5, 5.41) is 16.0. The highest BCUT2D eigenvalue weighted by atomic mass is 32.1. The summed E-state index contributed by atoms with van der Waals surface area (Å²) in [7, 11) is 0. The molecule has 2 N–H and O–H groups in total. The van der Waals surface area contributed by atoms with Crippen molar-refractivity contribution in [1.29, 1.82) is 5.26 Å². The number of urea groups is 1. The number of anilines is 1. The molecule has 1 aliphatic heterocycles. The molecule has 154 valence electrons. The van der Waals surface area contributed by atoms with Crippen LogP contribution in [0.25, 0.3) is 0 Å². The zero-order chi connectivity index (χ0) is 21.9. The highest BCUT2D eigenvalue weighted by Crippen LogP contribution is 2.29. The van der Waals surface area contributed by atoms with Gasteiger partial charge in [0.05, 0.1) is 23.8 Å². The van der Waals surface area contributed by atoms with Crippen LogP contribution in [0.2, 0.25) is 0 Å². The lowest BCUT2D eigenvalue weighted by molar-refractivity contribution is -0.133. The van der Waals surface area contributed by atoms with Crippen LogP contribution in [0.1, 0.15) is 35.3 Å². The molecule has 0 bridgehead atoms. The van der Waals surface area contributed by atoms with E-state index in [2.05, 4.69) is 10.6 Å². The Morgan fingerprint density at radius 2 is 1.97 bits per heavy atom. The SMILES string of the molecule is CCOC(=O)c1ccsc1NC(=O)CN1C(=O)N[C@@](C)(c2ccc(C#N)cc2)C1=O. The van der Waals surface area contributed by atoms with Gasteiger partial charge in [-0.3, -0.25) is 14.5 Å². The number of esters is 1. The second kappa shape index (κ2) is 8.34. The second-order valence-electron chi connectivity index (χ2n) is 6.57. The third-order valence-electron chi connectivity index (χ3n) is 4.58. The van der Waals surface area contributed by atoms with Gasteiger partial charge in [-0.2, -0.15) is 5.26 Å². The Balaban J connectivity index is 1.73. The van der Waals surface area contributed by atoms with Gasteiger partial charge < -0.3 is 15.4 Å². The summed E-state index contributed by atoms with van der Waals surface area (Å²) in [6.45, 7) is 2.88. The van der Waals surface area contributed by atoms with Gasteiger partial charge in [0.1, 0.15) is 17.1 Å². The van der Waals surface area contributed by atoms with Crippen LogP contribution in [0.5, 0.6) is 0 Å². The van der Waals surface area contributed by atoms with Gasteiger partial charge in [0, 0.05) is 0 Å². The number of hydrogen-bond donors (Lipinski definition) is 2. The van der Waals surface area contributed by atoms with Crippen LogP contribution in [-0.2, 0) is 19.9 Å². The Labute approximate surface area is 176 Å². The van der Waals surface area contributed by atoms with E-state index < -0.39 is 35.9 Å². The highest BCUT2D eigenvalue weighted by molar-refractivity contribution is 7.14. The second-order valence-corrected chi connectivity index (χ2v) is 7.48. The van der Waals surface area contributed by atoms with Crippen LogP contribution in [0, 0.1) is 11.3 Å². The predicted octanol–water partition coefficient (Wildman–Crippen LogP) is 2.20. The molecule has 0 unspecified atom stereocenters. The average Bonchev–Trinajstić information content (AvgIpc) is 3.27. The van der Waals surface area contributed by atoms with Gasteiger partial charge in [-0.1, -0.05) is 12.1 Å². The summed E-state index contributed by atoms with van der Waals surface area (Å²) in [6, 6.07) is 9.05. The van der Waals surface area contributed by atoms with Gasteiger partial charge in [0.2, 0.25) is 5.91 Å². The molecular formula is C20H18N4O5S. The fraction of sp³-hybridized carbons (Fsp3) is 0.250. The molecule has 0 radical (unpaired) electrons. The molecule has 0 aliphatic carbocycles. The molecule has 1 aliphatic rings. The standard InChI is InChI=1S/C20H18N4O5S/c1-3-29-17(26)14-8-9-30-16(14)22-15(25)11-24-18(27)20(2,23-19(24)28)13-6-4-12(10-21)5-7-13/h4-9H,3,11H2,1-2H3,(H,22,25)(H,23,28)/t20-/m0/s1. The number of nitrogens with one attached hydrogen (secondary N) is 2. The van der Waals surface area contributed by atoms with E-state index in [9.17, 15) is 19.2 Å². The minimum absolute atomic E-state index is 0.193. The lowest BCUT2D eigenvalue weighted by atomic mass is 9.91. The quantitative estimate of drug-likeness (QED) is 0.538. The number of benzene rings is 1. The van der Waals surface area contributed by atoms with E-state index in [-0.39, 0.29) is 17.2 Å². The number of amides is 4. The number of rotatable bonds is 6. The van der Waals surface area contributed by atoms with Crippen molar-refractivity contribution in [3.05, 3.63) is 52.4 Å². The van der Waals surface area contributed by atoms with E-state index in [1.807, 2.05) is 6.07 Å². The third kappa shape index (κ3) is 3.88. The third-order valence-corrected chi connectivity index (χ3v) is 5.41.